The Morgan fingerprint density at radius 1 is 1.25 bits per heavy atom. The number of nitrogens with one attached hydrogen (secondary N) is 1. The molecule has 36 heavy (non-hydrogen) atoms. The maximum atomic E-state index is 13.3. The first-order valence-corrected chi connectivity index (χ1v) is 13.2. The average molecular weight is 525 g/mol. The van der Waals surface area contributed by atoms with Gasteiger partial charge in [-0.15, -0.1) is 0 Å². The second-order valence-electron chi connectivity index (χ2n) is 9.07. The summed E-state index contributed by atoms with van der Waals surface area (Å²) in [5.74, 6) is 1.48. The molecule has 1 N–H and O–H groups in total. The molecule has 0 aliphatic carbocycles. The highest BCUT2D eigenvalue weighted by Crippen LogP contribution is 2.35. The van der Waals surface area contributed by atoms with E-state index in [1.165, 1.54) is 11.8 Å². The quantitative estimate of drug-likeness (QED) is 0.333. The molecular formula is C27H32N4O3S2. The van der Waals surface area contributed by atoms with Crippen molar-refractivity contribution < 1.29 is 9.53 Å². The van der Waals surface area contributed by atoms with Crippen molar-refractivity contribution >= 4 is 46.1 Å². The van der Waals surface area contributed by atoms with E-state index in [0.717, 1.165) is 24.2 Å². The normalized spacial score (nSPS) is 14.6. The number of unbranched alkanes of at least 4 members (excludes halogenated alkanes) is 1. The fraction of sp³-hybridized carbons (Fsp3) is 0.407. The lowest BCUT2D eigenvalue weighted by Gasteiger charge is -2.20. The number of nitrogens with zero attached hydrogens (tertiary/aromatic N) is 3. The summed E-state index contributed by atoms with van der Waals surface area (Å²) in [4.78, 5) is 28.6. The van der Waals surface area contributed by atoms with Crippen LogP contribution in [0, 0.1) is 24.2 Å². The fourth-order valence-corrected chi connectivity index (χ4v) is 5.22. The molecule has 2 aromatic rings. The van der Waals surface area contributed by atoms with Crippen molar-refractivity contribution in [1.82, 2.24) is 9.47 Å². The number of methoxy groups -OCH3 is 1. The second-order valence-corrected chi connectivity index (χ2v) is 10.7. The van der Waals surface area contributed by atoms with E-state index in [1.54, 1.807) is 29.6 Å². The van der Waals surface area contributed by atoms with Crippen LogP contribution in [0.25, 0.3) is 6.08 Å². The van der Waals surface area contributed by atoms with Gasteiger partial charge < -0.3 is 10.1 Å². The number of amides is 1. The van der Waals surface area contributed by atoms with Crippen molar-refractivity contribution in [2.24, 2.45) is 5.92 Å². The van der Waals surface area contributed by atoms with Crippen LogP contribution in [0.15, 0.2) is 34.0 Å². The van der Waals surface area contributed by atoms with Gasteiger partial charge in [-0.3, -0.25) is 19.1 Å². The summed E-state index contributed by atoms with van der Waals surface area (Å²) in [6, 6.07) is 9.75. The van der Waals surface area contributed by atoms with Gasteiger partial charge in [0.25, 0.3) is 11.5 Å². The molecule has 0 unspecified atom stereocenters. The van der Waals surface area contributed by atoms with Crippen LogP contribution in [0.4, 0.5) is 5.82 Å². The standard InChI is InChI=1S/C27H32N4O3S2/c1-6-7-12-30-24(29-15-19-8-10-20(34-5)11-9-19)21(18(4)22(14-28)25(30)32)13-23-26(33)31(16-17(2)3)27(35)36-23/h8-11,13,17,29H,6-7,12,15-16H2,1-5H3/b23-13+. The van der Waals surface area contributed by atoms with Gasteiger partial charge in [0.2, 0.25) is 0 Å². The van der Waals surface area contributed by atoms with E-state index in [4.69, 9.17) is 17.0 Å². The molecule has 7 nitrogen and oxygen atoms in total. The van der Waals surface area contributed by atoms with Crippen molar-refractivity contribution in [3.63, 3.8) is 0 Å². The summed E-state index contributed by atoms with van der Waals surface area (Å²) < 4.78 is 7.39. The van der Waals surface area contributed by atoms with Crippen LogP contribution in [0.1, 0.15) is 55.9 Å². The Labute approximate surface area is 222 Å². The molecule has 1 amide bonds. The first kappa shape index (κ1) is 27.5. The number of carbonyl (C=O) groups is 1. The van der Waals surface area contributed by atoms with Crippen LogP contribution in [0.2, 0.25) is 0 Å². The highest BCUT2D eigenvalue weighted by atomic mass is 32.2. The fourth-order valence-electron chi connectivity index (χ4n) is 3.97. The predicted molar refractivity (Wildman–Crippen MR) is 150 cm³/mol. The summed E-state index contributed by atoms with van der Waals surface area (Å²) >= 11 is 6.73. The van der Waals surface area contributed by atoms with Crippen LogP contribution in [-0.2, 0) is 17.9 Å². The second kappa shape index (κ2) is 12.2. The summed E-state index contributed by atoms with van der Waals surface area (Å²) in [5, 5.41) is 13.2. The number of aromatic nitrogens is 1. The molecule has 0 atom stereocenters. The van der Waals surface area contributed by atoms with Crippen LogP contribution in [-0.4, -0.2) is 33.3 Å². The molecule has 0 bridgehead atoms. The number of ether oxygens (including phenoxy) is 1. The number of pyridine rings is 1. The molecule has 2 heterocycles. The molecule has 1 aliphatic rings. The monoisotopic (exact) mass is 524 g/mol. The van der Waals surface area contributed by atoms with Gasteiger partial charge >= 0.3 is 0 Å². The smallest absolute Gasteiger partial charge is 0.270 e. The number of hydrogen-bond donors (Lipinski definition) is 1. The number of thiocarbonyl (C=S) groups is 1. The summed E-state index contributed by atoms with van der Waals surface area (Å²) in [6.45, 7) is 9.34. The third-order valence-electron chi connectivity index (χ3n) is 5.93. The third-order valence-corrected chi connectivity index (χ3v) is 7.30. The largest absolute Gasteiger partial charge is 0.497 e. The molecule has 1 aromatic carbocycles. The van der Waals surface area contributed by atoms with E-state index >= 15 is 0 Å². The topological polar surface area (TPSA) is 87.4 Å². The molecule has 0 spiro atoms. The van der Waals surface area contributed by atoms with Crippen molar-refractivity contribution in [2.75, 3.05) is 19.0 Å². The van der Waals surface area contributed by atoms with Gasteiger partial charge in [0.15, 0.2) is 0 Å². The number of carbonyl (C=O) groups excluding carboxylic acids is 1. The van der Waals surface area contributed by atoms with E-state index in [0.29, 0.717) is 45.8 Å². The Morgan fingerprint density at radius 3 is 2.53 bits per heavy atom. The van der Waals surface area contributed by atoms with Gasteiger partial charge in [-0.05, 0) is 48.6 Å². The van der Waals surface area contributed by atoms with Crippen molar-refractivity contribution in [3.8, 4) is 11.8 Å². The Bertz CT molecular complexity index is 1270. The van der Waals surface area contributed by atoms with E-state index in [-0.39, 0.29) is 22.9 Å². The van der Waals surface area contributed by atoms with Gasteiger partial charge in [0.05, 0.1) is 12.0 Å². The highest BCUT2D eigenvalue weighted by molar-refractivity contribution is 8.26. The molecule has 1 aromatic heterocycles. The first-order valence-electron chi connectivity index (χ1n) is 12.0. The lowest BCUT2D eigenvalue weighted by Crippen LogP contribution is -2.31. The van der Waals surface area contributed by atoms with E-state index < -0.39 is 0 Å². The number of benzene rings is 1. The minimum atomic E-state index is -0.329. The molecule has 0 saturated carbocycles. The van der Waals surface area contributed by atoms with Crippen molar-refractivity contribution in [2.45, 2.75) is 53.6 Å². The summed E-state index contributed by atoms with van der Waals surface area (Å²) in [6.07, 6.45) is 3.44. The maximum Gasteiger partial charge on any atom is 0.270 e. The Hall–Kier alpha value is -3.09. The number of hydrogen-bond acceptors (Lipinski definition) is 7. The van der Waals surface area contributed by atoms with E-state index in [1.807, 2.05) is 38.1 Å². The number of thioether (sulfide) groups is 1. The predicted octanol–water partition coefficient (Wildman–Crippen LogP) is 5.31. The zero-order valence-electron chi connectivity index (χ0n) is 21.4. The van der Waals surface area contributed by atoms with Gasteiger partial charge in [-0.2, -0.15) is 5.26 Å². The average Bonchev–Trinajstić information content (AvgIpc) is 3.11. The lowest BCUT2D eigenvalue weighted by atomic mass is 10.0. The third kappa shape index (κ3) is 6.00. The first-order chi connectivity index (χ1) is 17.2. The Kier molecular flexibility index (Phi) is 9.35. The molecule has 9 heteroatoms. The Balaban J connectivity index is 2.12. The number of rotatable bonds is 10. The summed E-state index contributed by atoms with van der Waals surface area (Å²) in [7, 11) is 1.62. The molecular weight excluding hydrogens is 492 g/mol. The highest BCUT2D eigenvalue weighted by Gasteiger charge is 2.33. The number of nitriles is 1. The molecule has 0 radical (unpaired) electrons. The van der Waals surface area contributed by atoms with Gasteiger partial charge in [-0.1, -0.05) is 63.3 Å². The lowest BCUT2D eigenvalue weighted by molar-refractivity contribution is -0.122. The maximum absolute atomic E-state index is 13.3. The number of anilines is 1. The zero-order valence-corrected chi connectivity index (χ0v) is 23.0. The van der Waals surface area contributed by atoms with Crippen LogP contribution in [0.3, 0.4) is 0 Å². The van der Waals surface area contributed by atoms with E-state index in [9.17, 15) is 14.9 Å². The van der Waals surface area contributed by atoms with Gasteiger partial charge in [0.1, 0.15) is 27.5 Å². The molecule has 1 aliphatic heterocycles. The minimum Gasteiger partial charge on any atom is -0.497 e. The SMILES string of the molecule is CCCCn1c(NCc2ccc(OC)cc2)c(/C=C2/SC(=S)N(CC(C)C)C2=O)c(C)c(C#N)c1=O. The van der Waals surface area contributed by atoms with Gasteiger partial charge in [-0.25, -0.2) is 0 Å². The van der Waals surface area contributed by atoms with Crippen molar-refractivity contribution in [3.05, 3.63) is 61.8 Å². The van der Waals surface area contributed by atoms with Crippen LogP contribution < -0.4 is 15.6 Å². The van der Waals surface area contributed by atoms with Crippen LogP contribution >= 0.6 is 24.0 Å². The molecule has 1 fully saturated rings. The van der Waals surface area contributed by atoms with E-state index in [2.05, 4.69) is 18.3 Å². The summed E-state index contributed by atoms with van der Waals surface area (Å²) in [5.41, 5.74) is 1.96. The van der Waals surface area contributed by atoms with Crippen LogP contribution in [0.5, 0.6) is 5.75 Å². The molecule has 190 valence electrons. The minimum absolute atomic E-state index is 0.0880. The van der Waals surface area contributed by atoms with Crippen molar-refractivity contribution in [1.29, 1.82) is 5.26 Å². The Morgan fingerprint density at radius 2 is 1.94 bits per heavy atom. The molecule has 1 saturated heterocycles. The van der Waals surface area contributed by atoms with Gasteiger partial charge in [0, 0.05) is 25.2 Å². The zero-order chi connectivity index (χ0) is 26.4. The molecule has 3 rings (SSSR count).